The van der Waals surface area contributed by atoms with Crippen LogP contribution >= 0.6 is 14.5 Å². The Labute approximate surface area is 585 Å². The van der Waals surface area contributed by atoms with Crippen molar-refractivity contribution in [3.05, 3.63) is 0 Å². The lowest BCUT2D eigenvalue weighted by molar-refractivity contribution is -0.270. The quantitative estimate of drug-likeness (QED) is 0.0285. The van der Waals surface area contributed by atoms with E-state index in [2.05, 4.69) is 21.3 Å². The van der Waals surface area contributed by atoms with E-state index < -0.39 is 138 Å². The van der Waals surface area contributed by atoms with Crippen molar-refractivity contribution in [2.75, 3.05) is 79.5 Å². The van der Waals surface area contributed by atoms with Crippen molar-refractivity contribution in [2.45, 2.75) is 266 Å². The molecule has 4 heterocycles. The fraction of sp³-hybridized carbons (Fsp3) is 0.873. The Morgan fingerprint density at radius 1 is 0.586 bits per heavy atom. The molecule has 0 radical (unpaired) electrons. The number of aliphatic hydroxyl groups excluding tert-OH is 7. The molecular formula is C63H113N7O26P2S. The van der Waals surface area contributed by atoms with E-state index in [1.165, 1.54) is 30.8 Å². The average Bonchev–Trinajstić information content (AvgIpc) is 1.79. The van der Waals surface area contributed by atoms with Gasteiger partial charge in [-0.1, -0.05) is 32.1 Å². The van der Waals surface area contributed by atoms with Crippen molar-refractivity contribution in [1.29, 1.82) is 0 Å². The summed E-state index contributed by atoms with van der Waals surface area (Å²) in [5.74, 6) is -2.75. The molecule has 36 heteroatoms. The van der Waals surface area contributed by atoms with Crippen LogP contribution in [0.3, 0.4) is 0 Å². The van der Waals surface area contributed by atoms with Crippen molar-refractivity contribution in [1.82, 2.24) is 31.1 Å². The number of carbonyl (C=O) groups excluding carboxylic acids is 8. The van der Waals surface area contributed by atoms with Crippen LogP contribution in [0.15, 0.2) is 0 Å². The van der Waals surface area contributed by atoms with Crippen LogP contribution < -0.4 is 27.0 Å². The van der Waals surface area contributed by atoms with Gasteiger partial charge in [0.25, 0.3) is 0 Å². The molecular weight excluding hydrogens is 1360 g/mol. The lowest BCUT2D eigenvalue weighted by Gasteiger charge is -2.42. The van der Waals surface area contributed by atoms with Crippen molar-refractivity contribution >= 4 is 73.4 Å². The number of phosphoric acid groups is 1. The lowest BCUT2D eigenvalue weighted by Crippen LogP contribution is -2.64. The Morgan fingerprint density at radius 3 is 1.61 bits per heavy atom. The molecule has 8 unspecified atom stereocenters. The van der Waals surface area contributed by atoms with E-state index in [0.717, 1.165) is 12.8 Å². The molecule has 0 aromatic heterocycles. The van der Waals surface area contributed by atoms with E-state index in [1.54, 1.807) is 0 Å². The molecule has 99 heavy (non-hydrogen) atoms. The molecule has 0 bridgehead atoms. The lowest BCUT2D eigenvalue weighted by atomic mass is 9.93. The highest BCUT2D eigenvalue weighted by atomic mass is 32.5. The molecule has 0 aliphatic carbocycles. The fourth-order valence-corrected chi connectivity index (χ4v) is 13.9. The number of carbonyl (C=O) groups is 8. The summed E-state index contributed by atoms with van der Waals surface area (Å²) in [5, 5.41) is 82.1. The molecule has 17 atom stereocenters. The van der Waals surface area contributed by atoms with Crippen molar-refractivity contribution in [3.8, 4) is 0 Å². The third kappa shape index (κ3) is 32.9. The van der Waals surface area contributed by atoms with Crippen molar-refractivity contribution in [3.63, 3.8) is 0 Å². The molecule has 0 aromatic rings. The van der Waals surface area contributed by atoms with Crippen LogP contribution in [0.4, 0.5) is 0 Å². The molecule has 6 amide bonds. The number of ether oxygens (including phenoxy) is 4. The molecule has 0 saturated carbocycles. The van der Waals surface area contributed by atoms with Gasteiger partial charge in [-0.25, -0.2) is 4.57 Å². The molecule has 4 fully saturated rings. The van der Waals surface area contributed by atoms with Gasteiger partial charge in [-0.2, -0.15) is 0 Å². The summed E-state index contributed by atoms with van der Waals surface area (Å²) in [4.78, 5) is 126. The SMILES string of the molecule is COP(O)(=S)OC[C@@H]1CC(OP(=O)(O)OC[C@@H]2C[C@@H](O)CN2C(=O)CCCCCCC(=O)CCCCCNC(=O)[C@H](CCCCNC(=O)CCCCO[C@@H]2OC(CO)C(O)[C@H](O)C2NC(C)=O)CC(=O)CCCCOC2OC(CO)[C@H](O)[C@H](O)[C@@H]2NC(C)=O)CN1C(=O)CCCCCN. The second kappa shape index (κ2) is 46.9. The second-order valence-corrected chi connectivity index (χ2v) is 30.3. The molecule has 4 aliphatic rings. The number of unbranched alkanes of at least 4 members (excludes halogenated alkanes) is 10. The van der Waals surface area contributed by atoms with Crippen LogP contribution in [0.25, 0.3) is 0 Å². The predicted molar refractivity (Wildman–Crippen MR) is 358 cm³/mol. The Morgan fingerprint density at radius 2 is 1.06 bits per heavy atom. The molecule has 0 spiro atoms. The van der Waals surface area contributed by atoms with Gasteiger partial charge in [-0.3, -0.25) is 47.4 Å². The van der Waals surface area contributed by atoms with Gasteiger partial charge in [0.15, 0.2) is 12.6 Å². The number of hydrogen-bond donors (Lipinski definition) is 14. The summed E-state index contributed by atoms with van der Waals surface area (Å²) in [7, 11) is -3.54. The maximum Gasteiger partial charge on any atom is 0.472 e. The normalized spacial score (nSPS) is 27.0. The number of phosphoric ester groups is 1. The van der Waals surface area contributed by atoms with Crippen LogP contribution in [0.1, 0.15) is 181 Å². The maximum absolute atomic E-state index is 13.6. The van der Waals surface area contributed by atoms with Crippen LogP contribution in [0.2, 0.25) is 0 Å². The first-order chi connectivity index (χ1) is 47.1. The predicted octanol–water partition coefficient (Wildman–Crippen LogP) is 0.160. The molecule has 4 aliphatic heterocycles. The zero-order valence-corrected chi connectivity index (χ0v) is 60.2. The highest BCUT2D eigenvalue weighted by Gasteiger charge is 2.47. The van der Waals surface area contributed by atoms with Gasteiger partial charge in [0, 0.05) is 111 Å². The first-order valence-corrected chi connectivity index (χ1v) is 39.0. The van der Waals surface area contributed by atoms with E-state index >= 15 is 0 Å². The number of ketones is 2. The Balaban J connectivity index is 1.14. The van der Waals surface area contributed by atoms with E-state index in [9.17, 15) is 88.5 Å². The third-order valence-electron chi connectivity index (χ3n) is 17.8. The molecule has 0 aromatic carbocycles. The first-order valence-electron chi connectivity index (χ1n) is 34.9. The number of Topliss-reactive ketones (excluding diaryl/α,β-unsaturated/α-hetero) is 2. The molecule has 15 N–H and O–H groups in total. The zero-order valence-electron chi connectivity index (χ0n) is 57.6. The van der Waals surface area contributed by atoms with Gasteiger partial charge < -0.3 is 110 Å². The topological polar surface area (TPSA) is 490 Å². The summed E-state index contributed by atoms with van der Waals surface area (Å²) in [5.41, 5.74) is 5.58. The number of nitrogens with two attached hydrogens (primary N) is 1. The summed E-state index contributed by atoms with van der Waals surface area (Å²) >= 11 is 4.94. The fourth-order valence-electron chi connectivity index (χ4n) is 12.3. The largest absolute Gasteiger partial charge is 0.472 e. The zero-order chi connectivity index (χ0) is 73.1. The van der Waals surface area contributed by atoms with E-state index in [1.807, 2.05) is 0 Å². The smallest absolute Gasteiger partial charge is 0.394 e. The molecule has 572 valence electrons. The number of likely N-dealkylation sites (tertiary alicyclic amines) is 2. The summed E-state index contributed by atoms with van der Waals surface area (Å²) in [6.07, 6.45) is -1.42. The number of amides is 6. The monoisotopic (exact) mass is 1480 g/mol. The second-order valence-electron chi connectivity index (χ2n) is 25.9. The van der Waals surface area contributed by atoms with E-state index in [0.29, 0.717) is 129 Å². The van der Waals surface area contributed by atoms with Gasteiger partial charge in [-0.05, 0) is 108 Å². The summed E-state index contributed by atoms with van der Waals surface area (Å²) in [6, 6.07) is -3.54. The van der Waals surface area contributed by atoms with Gasteiger partial charge in [0.05, 0.1) is 50.7 Å². The van der Waals surface area contributed by atoms with E-state index in [-0.39, 0.29) is 113 Å². The number of aliphatic hydroxyl groups is 7. The van der Waals surface area contributed by atoms with Crippen LogP contribution in [0.5, 0.6) is 0 Å². The van der Waals surface area contributed by atoms with Gasteiger partial charge in [0.1, 0.15) is 60.3 Å². The Kier molecular flexibility index (Phi) is 41.6. The van der Waals surface area contributed by atoms with Crippen LogP contribution in [-0.2, 0) is 91.8 Å². The average molecular weight is 1480 g/mol. The Bertz CT molecular complexity index is 2580. The molecule has 4 rings (SSSR count). The Hall–Kier alpha value is -3.68. The number of nitrogens with one attached hydrogen (secondary N) is 4. The standard InChI is InChI=1S/C63H113N7O26P2S/c1-41(73)67-55-59(83)57(81)50(37-71)94-62(55)90-30-18-13-23-47(76)32-43(20-12-17-28-65-52(78)24-14-19-31-91-63-56(68-42(2)74)60(84)58(82)51(38-72)95-63)61(85)66-29-16-7-9-22-46(75)21-8-4-5-10-25-53(79)69-35-48(77)33-44(69)39-92-97(86,87)96-49-34-45(40-93-98(88,99)89-3)70(36-49)54(80)26-11-6-15-27-64/h43-45,48-51,55-60,62-63,71-72,77,81-84H,4-40,64H2,1-3H3,(H,65,78)(H,66,85)(H,67,73)(H,68,74)(H,86,87)(H,88,99)/t43-,44+,45+,48-,49?,50?,51?,55+,56?,57+,58?,59-,60-,62?,63-,98?/m1/s1. The number of rotatable bonds is 51. The minimum Gasteiger partial charge on any atom is -0.394 e. The van der Waals surface area contributed by atoms with E-state index in [4.69, 9.17) is 54.6 Å². The van der Waals surface area contributed by atoms with Crippen LogP contribution in [-0.4, -0.2) is 267 Å². The minimum atomic E-state index is -4.74. The minimum absolute atomic E-state index is 0.0200. The first kappa shape index (κ1) is 87.7. The number of nitrogens with zero attached hydrogens (tertiary/aromatic N) is 2. The van der Waals surface area contributed by atoms with Gasteiger partial charge in [0.2, 0.25) is 35.4 Å². The molecule has 33 nitrogen and oxygen atoms in total. The van der Waals surface area contributed by atoms with Crippen molar-refractivity contribution < 1.29 is 125 Å². The molecule has 4 saturated heterocycles. The number of β-amino-alcohol motifs (C(OH)–C–C–N with tert-alkyl or cyclic N) is 1. The highest BCUT2D eigenvalue weighted by Crippen LogP contribution is 2.48. The van der Waals surface area contributed by atoms with Crippen molar-refractivity contribution in [2.24, 2.45) is 11.7 Å². The highest BCUT2D eigenvalue weighted by molar-refractivity contribution is 8.07. The maximum atomic E-state index is 13.6. The van der Waals surface area contributed by atoms with Gasteiger partial charge >= 0.3 is 14.5 Å². The summed E-state index contributed by atoms with van der Waals surface area (Å²) in [6.45, 7) is -1.66. The third-order valence-corrected chi connectivity index (χ3v) is 20.5. The number of hydrogen-bond acceptors (Lipinski definition) is 26. The van der Waals surface area contributed by atoms with Gasteiger partial charge in [-0.15, -0.1) is 0 Å². The van der Waals surface area contributed by atoms with Crippen LogP contribution in [0, 0.1) is 5.92 Å². The summed E-state index contributed by atoms with van der Waals surface area (Å²) < 4.78 is 57.0.